The average molecular weight is 316 g/mol. The van der Waals surface area contributed by atoms with E-state index in [2.05, 4.69) is 0 Å². The highest BCUT2D eigenvalue weighted by Crippen LogP contribution is 2.34. The molecule has 21 heavy (non-hydrogen) atoms. The molecule has 2 aromatic carbocycles. The number of hydrogen-bond acceptors (Lipinski definition) is 2. The van der Waals surface area contributed by atoms with Gasteiger partial charge in [0.1, 0.15) is 17.5 Å². The van der Waals surface area contributed by atoms with Gasteiger partial charge < -0.3 is 10.8 Å². The van der Waals surface area contributed by atoms with E-state index in [1.807, 2.05) is 0 Å². The first-order valence-corrected chi connectivity index (χ1v) is 6.60. The van der Waals surface area contributed by atoms with Crippen molar-refractivity contribution in [3.05, 3.63) is 70.0 Å². The minimum absolute atomic E-state index is 0.133. The predicted molar refractivity (Wildman–Crippen MR) is 74.5 cm³/mol. The summed E-state index contributed by atoms with van der Waals surface area (Å²) in [4.78, 5) is 0. The van der Waals surface area contributed by atoms with Gasteiger partial charge >= 0.3 is 0 Å². The fourth-order valence-electron chi connectivity index (χ4n) is 2.18. The molecule has 0 aliphatic carbocycles. The van der Waals surface area contributed by atoms with Crippen LogP contribution in [0.4, 0.5) is 13.2 Å². The second-order valence-electron chi connectivity index (χ2n) is 4.60. The number of aliphatic hydroxyl groups excluding tert-OH is 1. The summed E-state index contributed by atoms with van der Waals surface area (Å²) in [7, 11) is 0. The molecule has 3 N–H and O–H groups in total. The molecule has 0 radical (unpaired) electrons. The monoisotopic (exact) mass is 315 g/mol. The molecule has 112 valence electrons. The van der Waals surface area contributed by atoms with Gasteiger partial charge in [0.2, 0.25) is 0 Å². The molecule has 0 saturated heterocycles. The van der Waals surface area contributed by atoms with E-state index in [0.717, 1.165) is 12.1 Å². The van der Waals surface area contributed by atoms with Gasteiger partial charge in [-0.2, -0.15) is 0 Å². The number of rotatable bonds is 4. The smallest absolute Gasteiger partial charge is 0.142 e. The molecule has 0 aromatic heterocycles. The maximum absolute atomic E-state index is 13.8. The Morgan fingerprint density at radius 2 is 1.67 bits per heavy atom. The lowest BCUT2D eigenvalue weighted by molar-refractivity contribution is 0.141. The van der Waals surface area contributed by atoms with Crippen molar-refractivity contribution >= 4 is 11.6 Å². The predicted octanol–water partition coefficient (Wildman–Crippen LogP) is 3.53. The zero-order valence-electron chi connectivity index (χ0n) is 10.9. The first-order valence-electron chi connectivity index (χ1n) is 6.22. The molecule has 6 heteroatoms. The van der Waals surface area contributed by atoms with Gasteiger partial charge in [-0.25, -0.2) is 13.2 Å². The van der Waals surface area contributed by atoms with Crippen molar-refractivity contribution in [1.29, 1.82) is 0 Å². The molecular weight excluding hydrogens is 303 g/mol. The van der Waals surface area contributed by atoms with Crippen LogP contribution in [0.2, 0.25) is 5.02 Å². The zero-order chi connectivity index (χ0) is 15.6. The van der Waals surface area contributed by atoms with Crippen molar-refractivity contribution in [3.63, 3.8) is 0 Å². The molecular formula is C15H13ClF3NO. The number of aliphatic hydroxyl groups is 1. The van der Waals surface area contributed by atoms with Crippen molar-refractivity contribution in [1.82, 2.24) is 0 Å². The van der Waals surface area contributed by atoms with E-state index >= 15 is 0 Å². The standard InChI is InChI=1S/C15H13ClF3NO/c16-11-6-13(18)9(5-14(11)19)15(21)10(7-20)8-3-1-2-4-12(8)17/h1-6,10,15,21H,7,20H2. The Morgan fingerprint density at radius 1 is 1.00 bits per heavy atom. The Balaban J connectivity index is 2.44. The molecule has 0 bridgehead atoms. The minimum atomic E-state index is -1.49. The lowest BCUT2D eigenvalue weighted by Gasteiger charge is -2.23. The fourth-order valence-corrected chi connectivity index (χ4v) is 2.33. The lowest BCUT2D eigenvalue weighted by atomic mass is 9.88. The number of hydrogen-bond donors (Lipinski definition) is 2. The summed E-state index contributed by atoms with van der Waals surface area (Å²) in [6, 6.07) is 7.29. The van der Waals surface area contributed by atoms with Crippen LogP contribution in [0.1, 0.15) is 23.1 Å². The first-order chi connectivity index (χ1) is 9.95. The maximum atomic E-state index is 13.8. The van der Waals surface area contributed by atoms with Crippen LogP contribution in [0.3, 0.4) is 0 Å². The number of benzene rings is 2. The third-order valence-corrected chi connectivity index (χ3v) is 3.59. The highest BCUT2D eigenvalue weighted by atomic mass is 35.5. The Bertz CT molecular complexity index is 651. The van der Waals surface area contributed by atoms with E-state index < -0.39 is 34.5 Å². The van der Waals surface area contributed by atoms with Gasteiger partial charge in [0.05, 0.1) is 11.1 Å². The van der Waals surface area contributed by atoms with E-state index in [0.29, 0.717) is 0 Å². The Kier molecular flexibility index (Phi) is 4.88. The molecule has 2 rings (SSSR count). The van der Waals surface area contributed by atoms with Crippen molar-refractivity contribution < 1.29 is 18.3 Å². The van der Waals surface area contributed by atoms with Gasteiger partial charge in [-0.15, -0.1) is 0 Å². The SMILES string of the molecule is NCC(c1ccccc1F)C(O)c1cc(F)c(Cl)cc1F. The van der Waals surface area contributed by atoms with Crippen LogP contribution in [0.5, 0.6) is 0 Å². The first kappa shape index (κ1) is 15.8. The summed E-state index contributed by atoms with van der Waals surface area (Å²) in [5, 5.41) is 9.87. The van der Waals surface area contributed by atoms with Gasteiger partial charge in [-0.05, 0) is 23.8 Å². The molecule has 2 nitrogen and oxygen atoms in total. The molecule has 0 fully saturated rings. The summed E-state index contributed by atoms with van der Waals surface area (Å²) in [5.41, 5.74) is 5.39. The summed E-state index contributed by atoms with van der Waals surface area (Å²) in [6.45, 7) is -0.133. The molecule has 2 unspecified atom stereocenters. The normalized spacial score (nSPS) is 14.0. The van der Waals surface area contributed by atoms with E-state index in [-0.39, 0.29) is 17.7 Å². The summed E-state index contributed by atoms with van der Waals surface area (Å²) >= 11 is 5.46. The molecule has 0 spiro atoms. The van der Waals surface area contributed by atoms with Crippen LogP contribution >= 0.6 is 11.6 Å². The molecule has 0 aliphatic heterocycles. The van der Waals surface area contributed by atoms with Crippen molar-refractivity contribution in [3.8, 4) is 0 Å². The molecule has 0 saturated carbocycles. The van der Waals surface area contributed by atoms with Crippen LogP contribution in [-0.4, -0.2) is 11.7 Å². The fraction of sp³-hybridized carbons (Fsp3) is 0.200. The van der Waals surface area contributed by atoms with Gasteiger partial charge in [0.25, 0.3) is 0 Å². The summed E-state index contributed by atoms with van der Waals surface area (Å²) in [5.74, 6) is -3.21. The van der Waals surface area contributed by atoms with Gasteiger partial charge in [0.15, 0.2) is 0 Å². The molecule has 0 heterocycles. The third-order valence-electron chi connectivity index (χ3n) is 3.30. The lowest BCUT2D eigenvalue weighted by Crippen LogP contribution is -2.22. The maximum Gasteiger partial charge on any atom is 0.142 e. The van der Waals surface area contributed by atoms with Gasteiger partial charge in [0, 0.05) is 18.0 Å². The van der Waals surface area contributed by atoms with Crippen LogP contribution in [0.15, 0.2) is 36.4 Å². The molecule has 0 aliphatic rings. The quantitative estimate of drug-likeness (QED) is 0.848. The van der Waals surface area contributed by atoms with Crippen LogP contribution in [0.25, 0.3) is 0 Å². The summed E-state index contributed by atoms with van der Waals surface area (Å²) < 4.78 is 41.1. The Morgan fingerprint density at radius 3 is 2.29 bits per heavy atom. The van der Waals surface area contributed by atoms with Gasteiger partial charge in [-0.3, -0.25) is 0 Å². The van der Waals surface area contributed by atoms with Crippen molar-refractivity contribution in [2.75, 3.05) is 6.54 Å². The topological polar surface area (TPSA) is 46.2 Å². The Labute approximate surface area is 125 Å². The highest BCUT2D eigenvalue weighted by Gasteiger charge is 2.27. The second kappa shape index (κ2) is 6.47. The van der Waals surface area contributed by atoms with E-state index in [9.17, 15) is 18.3 Å². The largest absolute Gasteiger partial charge is 0.388 e. The average Bonchev–Trinajstić information content (AvgIpc) is 2.45. The van der Waals surface area contributed by atoms with Crippen LogP contribution in [0, 0.1) is 17.5 Å². The highest BCUT2D eigenvalue weighted by molar-refractivity contribution is 6.30. The Hall–Kier alpha value is -1.56. The van der Waals surface area contributed by atoms with Crippen LogP contribution < -0.4 is 5.73 Å². The number of halogens is 4. The van der Waals surface area contributed by atoms with E-state index in [4.69, 9.17) is 17.3 Å². The third kappa shape index (κ3) is 3.20. The van der Waals surface area contributed by atoms with E-state index in [1.165, 1.54) is 18.2 Å². The van der Waals surface area contributed by atoms with E-state index in [1.54, 1.807) is 6.07 Å². The minimum Gasteiger partial charge on any atom is -0.388 e. The van der Waals surface area contributed by atoms with Crippen LogP contribution in [-0.2, 0) is 0 Å². The molecule has 2 atom stereocenters. The molecule has 2 aromatic rings. The zero-order valence-corrected chi connectivity index (χ0v) is 11.6. The molecule has 0 amide bonds. The second-order valence-corrected chi connectivity index (χ2v) is 5.00. The summed E-state index contributed by atoms with van der Waals surface area (Å²) in [6.07, 6.45) is -1.49. The van der Waals surface area contributed by atoms with Crippen molar-refractivity contribution in [2.45, 2.75) is 12.0 Å². The van der Waals surface area contributed by atoms with Gasteiger partial charge in [-0.1, -0.05) is 29.8 Å². The van der Waals surface area contributed by atoms with Crippen molar-refractivity contribution in [2.24, 2.45) is 5.73 Å². The number of nitrogens with two attached hydrogens (primary N) is 1.